The number of piperazine rings is 1. The molecule has 0 spiro atoms. The molecule has 0 atom stereocenters. The molecule has 3 aromatic heterocycles. The van der Waals surface area contributed by atoms with Gasteiger partial charge in [-0.3, -0.25) is 4.57 Å². The normalized spacial score (nSPS) is 14.6. The van der Waals surface area contributed by atoms with E-state index in [0.717, 1.165) is 60.2 Å². The Kier molecular flexibility index (Phi) is 3.99. The Labute approximate surface area is 156 Å². The molecule has 0 radical (unpaired) electrons. The highest BCUT2D eigenvalue weighted by Gasteiger charge is 2.18. The minimum Gasteiger partial charge on any atom is -0.354 e. The summed E-state index contributed by atoms with van der Waals surface area (Å²) in [5, 5.41) is 11.3. The van der Waals surface area contributed by atoms with E-state index in [1.807, 2.05) is 24.3 Å². The van der Waals surface area contributed by atoms with Crippen molar-refractivity contribution in [2.75, 3.05) is 31.1 Å². The van der Waals surface area contributed by atoms with Gasteiger partial charge in [-0.1, -0.05) is 30.3 Å². The molecule has 0 unspecified atom stereocenters. The van der Waals surface area contributed by atoms with E-state index in [0.29, 0.717) is 0 Å². The number of hydrogen-bond donors (Lipinski definition) is 1. The van der Waals surface area contributed by atoms with Crippen molar-refractivity contribution in [2.45, 2.75) is 0 Å². The first-order chi connectivity index (χ1) is 13.4. The van der Waals surface area contributed by atoms with Gasteiger partial charge in [-0.05, 0) is 18.2 Å². The summed E-state index contributed by atoms with van der Waals surface area (Å²) in [7, 11) is 0. The van der Waals surface area contributed by atoms with Crippen LogP contribution in [0.25, 0.3) is 28.2 Å². The van der Waals surface area contributed by atoms with Crippen molar-refractivity contribution in [3.05, 3.63) is 60.9 Å². The highest BCUT2D eigenvalue weighted by atomic mass is 15.3. The molecule has 7 nitrogen and oxygen atoms in total. The Bertz CT molecular complexity index is 1050. The molecule has 0 aliphatic carbocycles. The molecule has 7 heteroatoms. The zero-order valence-electron chi connectivity index (χ0n) is 14.8. The molecule has 1 aliphatic heterocycles. The molecular weight excluding hydrogens is 338 g/mol. The van der Waals surface area contributed by atoms with Crippen molar-refractivity contribution in [3.8, 4) is 17.1 Å². The summed E-state index contributed by atoms with van der Waals surface area (Å²) in [5.41, 5.74) is 3.63. The molecule has 0 saturated carbocycles. The van der Waals surface area contributed by atoms with Crippen molar-refractivity contribution in [3.63, 3.8) is 0 Å². The lowest BCUT2D eigenvalue weighted by atomic mass is 10.2. The van der Waals surface area contributed by atoms with Crippen LogP contribution in [0.15, 0.2) is 60.9 Å². The third kappa shape index (κ3) is 2.92. The number of pyridine rings is 1. The molecule has 5 rings (SSSR count). The Morgan fingerprint density at radius 3 is 2.48 bits per heavy atom. The number of benzene rings is 1. The lowest BCUT2D eigenvalue weighted by Gasteiger charge is -2.28. The van der Waals surface area contributed by atoms with Crippen molar-refractivity contribution in [1.82, 2.24) is 30.0 Å². The summed E-state index contributed by atoms with van der Waals surface area (Å²) in [6.45, 7) is 3.86. The molecule has 1 aliphatic rings. The average molecular weight is 357 g/mol. The predicted molar refractivity (Wildman–Crippen MR) is 105 cm³/mol. The van der Waals surface area contributed by atoms with Crippen LogP contribution in [-0.2, 0) is 0 Å². The van der Waals surface area contributed by atoms with Gasteiger partial charge in [-0.15, -0.1) is 0 Å². The van der Waals surface area contributed by atoms with E-state index in [4.69, 9.17) is 9.97 Å². The standard InChI is InChI=1S/C20H19N7/c1-2-4-15(5-3-1)19-24-17-6-7-18(26-12-10-21-11-13-26)25-20(17)27(19)16-8-9-22-23-14-16/h1-9,14,21H,10-13H2. The number of fused-ring (bicyclic) bond motifs is 1. The number of nitrogens with zero attached hydrogens (tertiary/aromatic N) is 6. The maximum absolute atomic E-state index is 4.97. The average Bonchev–Trinajstić information content (AvgIpc) is 3.14. The van der Waals surface area contributed by atoms with Gasteiger partial charge >= 0.3 is 0 Å². The second kappa shape index (κ2) is 6.77. The van der Waals surface area contributed by atoms with E-state index in [-0.39, 0.29) is 0 Å². The molecule has 1 aromatic carbocycles. The fourth-order valence-corrected chi connectivity index (χ4v) is 3.46. The molecule has 4 heterocycles. The van der Waals surface area contributed by atoms with Crippen molar-refractivity contribution < 1.29 is 0 Å². The minimum absolute atomic E-state index is 0.831. The van der Waals surface area contributed by atoms with E-state index < -0.39 is 0 Å². The fourth-order valence-electron chi connectivity index (χ4n) is 3.46. The van der Waals surface area contributed by atoms with Gasteiger partial charge in [0.15, 0.2) is 5.65 Å². The van der Waals surface area contributed by atoms with Gasteiger partial charge in [0.1, 0.15) is 17.2 Å². The maximum atomic E-state index is 4.97. The molecular formula is C20H19N7. The van der Waals surface area contributed by atoms with Crippen LogP contribution in [-0.4, -0.2) is 50.9 Å². The van der Waals surface area contributed by atoms with Gasteiger partial charge in [0.05, 0.1) is 18.1 Å². The van der Waals surface area contributed by atoms with Crippen molar-refractivity contribution in [2.24, 2.45) is 0 Å². The van der Waals surface area contributed by atoms with Gasteiger partial charge in [-0.2, -0.15) is 10.2 Å². The third-order valence-electron chi connectivity index (χ3n) is 4.79. The molecule has 0 bridgehead atoms. The van der Waals surface area contributed by atoms with Crippen LogP contribution in [0, 0.1) is 0 Å². The second-order valence-electron chi connectivity index (χ2n) is 6.49. The van der Waals surface area contributed by atoms with E-state index >= 15 is 0 Å². The quantitative estimate of drug-likeness (QED) is 0.607. The van der Waals surface area contributed by atoms with Gasteiger partial charge in [0.25, 0.3) is 0 Å². The van der Waals surface area contributed by atoms with Crippen LogP contribution in [0.1, 0.15) is 0 Å². The Morgan fingerprint density at radius 2 is 1.70 bits per heavy atom. The molecule has 1 N–H and O–H groups in total. The molecule has 0 amide bonds. The molecule has 1 fully saturated rings. The Balaban J connectivity index is 1.72. The molecule has 1 saturated heterocycles. The lowest BCUT2D eigenvalue weighted by Crippen LogP contribution is -2.43. The summed E-state index contributed by atoms with van der Waals surface area (Å²) < 4.78 is 2.06. The van der Waals surface area contributed by atoms with Crippen molar-refractivity contribution in [1.29, 1.82) is 0 Å². The largest absolute Gasteiger partial charge is 0.354 e. The zero-order chi connectivity index (χ0) is 18.1. The number of anilines is 1. The summed E-state index contributed by atoms with van der Waals surface area (Å²) in [6, 6.07) is 16.2. The van der Waals surface area contributed by atoms with Crippen LogP contribution in [0.2, 0.25) is 0 Å². The smallest absolute Gasteiger partial charge is 0.167 e. The van der Waals surface area contributed by atoms with Gasteiger partial charge in [0, 0.05) is 31.7 Å². The number of imidazole rings is 1. The molecule has 27 heavy (non-hydrogen) atoms. The zero-order valence-corrected chi connectivity index (χ0v) is 14.8. The fraction of sp³-hybridized carbons (Fsp3) is 0.200. The van der Waals surface area contributed by atoms with Crippen LogP contribution >= 0.6 is 0 Å². The first-order valence-corrected chi connectivity index (χ1v) is 9.08. The number of aromatic nitrogens is 5. The van der Waals surface area contributed by atoms with Gasteiger partial charge in [-0.25, -0.2) is 9.97 Å². The Hall–Kier alpha value is -3.32. The lowest BCUT2D eigenvalue weighted by molar-refractivity contribution is 0.585. The summed E-state index contributed by atoms with van der Waals surface area (Å²) in [6.07, 6.45) is 3.43. The van der Waals surface area contributed by atoms with Gasteiger partial charge in [0.2, 0.25) is 0 Å². The highest BCUT2D eigenvalue weighted by Crippen LogP contribution is 2.28. The first-order valence-electron chi connectivity index (χ1n) is 9.08. The summed E-state index contributed by atoms with van der Waals surface area (Å²) >= 11 is 0. The number of hydrogen-bond acceptors (Lipinski definition) is 6. The number of rotatable bonds is 3. The topological polar surface area (TPSA) is 71.8 Å². The van der Waals surface area contributed by atoms with E-state index in [2.05, 4.69) is 49.2 Å². The Morgan fingerprint density at radius 1 is 0.852 bits per heavy atom. The summed E-state index contributed by atoms with van der Waals surface area (Å²) in [4.78, 5) is 12.1. The van der Waals surface area contributed by atoms with Crippen LogP contribution in [0.3, 0.4) is 0 Å². The van der Waals surface area contributed by atoms with E-state index in [1.165, 1.54) is 0 Å². The monoisotopic (exact) mass is 357 g/mol. The minimum atomic E-state index is 0.831. The first kappa shape index (κ1) is 15.9. The SMILES string of the molecule is c1ccc(-c2nc3ccc(N4CCNCC4)nc3n2-c2ccnnc2)cc1. The van der Waals surface area contributed by atoms with Crippen LogP contribution < -0.4 is 10.2 Å². The third-order valence-corrected chi connectivity index (χ3v) is 4.79. The summed E-state index contributed by atoms with van der Waals surface area (Å²) in [5.74, 6) is 1.83. The van der Waals surface area contributed by atoms with Gasteiger partial charge < -0.3 is 10.2 Å². The second-order valence-corrected chi connectivity index (χ2v) is 6.49. The van der Waals surface area contributed by atoms with E-state index in [9.17, 15) is 0 Å². The van der Waals surface area contributed by atoms with E-state index in [1.54, 1.807) is 12.4 Å². The van der Waals surface area contributed by atoms with Crippen molar-refractivity contribution >= 4 is 17.0 Å². The molecule has 4 aromatic rings. The highest BCUT2D eigenvalue weighted by molar-refractivity contribution is 5.81. The van der Waals surface area contributed by atoms with Crippen LogP contribution in [0.5, 0.6) is 0 Å². The van der Waals surface area contributed by atoms with Crippen LogP contribution in [0.4, 0.5) is 5.82 Å². The predicted octanol–water partition coefficient (Wildman–Crippen LogP) is 2.29. The number of nitrogens with one attached hydrogen (secondary N) is 1. The maximum Gasteiger partial charge on any atom is 0.167 e. The molecule has 134 valence electrons.